The Bertz CT molecular complexity index is 452. The zero-order chi connectivity index (χ0) is 15.1. The van der Waals surface area contributed by atoms with E-state index in [9.17, 15) is 9.90 Å². The number of carbonyl (C=O) groups is 1. The molecule has 0 bridgehead atoms. The van der Waals surface area contributed by atoms with E-state index in [0.29, 0.717) is 38.2 Å². The van der Waals surface area contributed by atoms with Gasteiger partial charge in [0.25, 0.3) is 5.91 Å². The number of carbonyl (C=O) groups excluding carboxylic acids is 1. The molecule has 0 aromatic heterocycles. The predicted molar refractivity (Wildman–Crippen MR) is 79.6 cm³/mol. The Hall–Kier alpha value is -1.59. The number of aliphatic hydroxyl groups is 1. The van der Waals surface area contributed by atoms with Gasteiger partial charge in [-0.1, -0.05) is 6.92 Å². The van der Waals surface area contributed by atoms with Crippen LogP contribution in [0.2, 0.25) is 0 Å². The van der Waals surface area contributed by atoms with E-state index in [0.717, 1.165) is 12.2 Å². The number of aliphatic hydroxyl groups excluding tert-OH is 1. The highest BCUT2D eigenvalue weighted by Gasteiger charge is 2.33. The average molecular weight is 293 g/mol. The van der Waals surface area contributed by atoms with Crippen molar-refractivity contribution in [2.45, 2.75) is 31.7 Å². The molecule has 1 aromatic rings. The summed E-state index contributed by atoms with van der Waals surface area (Å²) in [4.78, 5) is 12.3. The van der Waals surface area contributed by atoms with Crippen LogP contribution in [-0.2, 0) is 4.74 Å². The smallest absolute Gasteiger partial charge is 0.251 e. The van der Waals surface area contributed by atoms with Gasteiger partial charge in [0.05, 0.1) is 18.8 Å². The Morgan fingerprint density at radius 1 is 1.33 bits per heavy atom. The maximum atomic E-state index is 12.3. The summed E-state index contributed by atoms with van der Waals surface area (Å²) in [6.45, 7) is 3.76. The molecule has 1 amide bonds. The molecule has 0 atom stereocenters. The van der Waals surface area contributed by atoms with Gasteiger partial charge in [0.15, 0.2) is 0 Å². The minimum Gasteiger partial charge on any atom is -0.494 e. The number of rotatable bonds is 6. The first-order chi connectivity index (χ1) is 10.2. The number of hydrogen-bond acceptors (Lipinski definition) is 4. The lowest BCUT2D eigenvalue weighted by Gasteiger charge is -2.36. The van der Waals surface area contributed by atoms with Crippen LogP contribution in [0.15, 0.2) is 24.3 Å². The predicted octanol–water partition coefficient (Wildman–Crippen LogP) is 1.75. The van der Waals surface area contributed by atoms with Gasteiger partial charge in [0.2, 0.25) is 0 Å². The summed E-state index contributed by atoms with van der Waals surface area (Å²) in [6, 6.07) is 7.07. The Kier molecular flexibility index (Phi) is 5.59. The normalized spacial score (nSPS) is 17.2. The van der Waals surface area contributed by atoms with Gasteiger partial charge in [-0.25, -0.2) is 0 Å². The quantitative estimate of drug-likeness (QED) is 0.838. The highest BCUT2D eigenvalue weighted by atomic mass is 16.5. The molecule has 5 heteroatoms. The molecule has 1 aliphatic rings. The van der Waals surface area contributed by atoms with Crippen LogP contribution in [0.3, 0.4) is 0 Å². The van der Waals surface area contributed by atoms with Crippen LogP contribution in [0.1, 0.15) is 36.5 Å². The highest BCUT2D eigenvalue weighted by molar-refractivity contribution is 5.94. The number of ether oxygens (including phenoxy) is 2. The van der Waals surface area contributed by atoms with Gasteiger partial charge in [-0.2, -0.15) is 0 Å². The lowest BCUT2D eigenvalue weighted by Crippen LogP contribution is -2.54. The molecule has 1 aromatic carbocycles. The van der Waals surface area contributed by atoms with Crippen molar-refractivity contribution in [3.05, 3.63) is 29.8 Å². The maximum absolute atomic E-state index is 12.3. The van der Waals surface area contributed by atoms with E-state index in [2.05, 4.69) is 5.32 Å². The molecule has 1 saturated heterocycles. The van der Waals surface area contributed by atoms with Crippen molar-refractivity contribution < 1.29 is 19.4 Å². The average Bonchev–Trinajstić information content (AvgIpc) is 2.54. The molecule has 116 valence electrons. The van der Waals surface area contributed by atoms with Crippen molar-refractivity contribution >= 4 is 5.91 Å². The second-order valence-electron chi connectivity index (χ2n) is 5.38. The number of nitrogens with one attached hydrogen (secondary N) is 1. The Morgan fingerprint density at radius 2 is 2.00 bits per heavy atom. The van der Waals surface area contributed by atoms with E-state index in [-0.39, 0.29) is 12.5 Å². The zero-order valence-electron chi connectivity index (χ0n) is 12.4. The number of benzene rings is 1. The molecule has 0 spiro atoms. The fourth-order valence-corrected chi connectivity index (χ4v) is 2.32. The monoisotopic (exact) mass is 293 g/mol. The molecule has 5 nitrogen and oxygen atoms in total. The largest absolute Gasteiger partial charge is 0.494 e. The standard InChI is InChI=1S/C16H23NO4/c1-2-9-21-14-5-3-13(4-6-14)15(19)17-16(12-18)7-10-20-11-8-16/h3-6,18H,2,7-12H2,1H3,(H,17,19). The van der Waals surface area contributed by atoms with E-state index in [4.69, 9.17) is 9.47 Å². The molecule has 0 saturated carbocycles. The van der Waals surface area contributed by atoms with Crippen LogP contribution in [0, 0.1) is 0 Å². The first-order valence-corrected chi connectivity index (χ1v) is 7.43. The summed E-state index contributed by atoms with van der Waals surface area (Å²) < 4.78 is 10.8. The number of amides is 1. The molecule has 2 rings (SSSR count). The Labute approximate surface area is 125 Å². The zero-order valence-corrected chi connectivity index (χ0v) is 12.4. The van der Waals surface area contributed by atoms with E-state index >= 15 is 0 Å². The van der Waals surface area contributed by atoms with Gasteiger partial charge >= 0.3 is 0 Å². The SMILES string of the molecule is CCCOc1ccc(C(=O)NC2(CO)CCOCC2)cc1. The lowest BCUT2D eigenvalue weighted by molar-refractivity contribution is 0.0125. The third-order valence-corrected chi connectivity index (χ3v) is 3.72. The molecule has 1 fully saturated rings. The van der Waals surface area contributed by atoms with Crippen molar-refractivity contribution in [2.24, 2.45) is 0 Å². The van der Waals surface area contributed by atoms with Crippen molar-refractivity contribution in [3.63, 3.8) is 0 Å². The molecular weight excluding hydrogens is 270 g/mol. The molecule has 21 heavy (non-hydrogen) atoms. The van der Waals surface area contributed by atoms with E-state index in [1.54, 1.807) is 24.3 Å². The highest BCUT2D eigenvalue weighted by Crippen LogP contribution is 2.21. The van der Waals surface area contributed by atoms with Crippen LogP contribution in [0.25, 0.3) is 0 Å². The van der Waals surface area contributed by atoms with Crippen molar-refractivity contribution in [1.29, 1.82) is 0 Å². The molecule has 0 radical (unpaired) electrons. The first kappa shape index (κ1) is 15.8. The van der Waals surface area contributed by atoms with Crippen LogP contribution < -0.4 is 10.1 Å². The van der Waals surface area contributed by atoms with E-state index in [1.807, 2.05) is 6.92 Å². The third-order valence-electron chi connectivity index (χ3n) is 3.72. The molecule has 0 unspecified atom stereocenters. The molecule has 1 heterocycles. The van der Waals surface area contributed by atoms with Crippen LogP contribution in [0.4, 0.5) is 0 Å². The van der Waals surface area contributed by atoms with Gasteiger partial charge in [0.1, 0.15) is 5.75 Å². The van der Waals surface area contributed by atoms with Gasteiger partial charge < -0.3 is 19.9 Å². The first-order valence-electron chi connectivity index (χ1n) is 7.43. The van der Waals surface area contributed by atoms with Crippen molar-refractivity contribution in [1.82, 2.24) is 5.32 Å². The second-order valence-corrected chi connectivity index (χ2v) is 5.38. The van der Waals surface area contributed by atoms with E-state index < -0.39 is 5.54 Å². The lowest BCUT2D eigenvalue weighted by atomic mass is 9.90. The topological polar surface area (TPSA) is 67.8 Å². The molecule has 1 aliphatic heterocycles. The fourth-order valence-electron chi connectivity index (χ4n) is 2.32. The van der Waals surface area contributed by atoms with Gasteiger partial charge in [-0.15, -0.1) is 0 Å². The van der Waals surface area contributed by atoms with Crippen molar-refractivity contribution in [2.75, 3.05) is 26.4 Å². The minimum absolute atomic E-state index is 0.0696. The van der Waals surface area contributed by atoms with Gasteiger partial charge in [-0.05, 0) is 43.5 Å². The number of hydrogen-bond donors (Lipinski definition) is 2. The summed E-state index contributed by atoms with van der Waals surface area (Å²) >= 11 is 0. The summed E-state index contributed by atoms with van der Waals surface area (Å²) in [6.07, 6.45) is 2.21. The molecule has 0 aliphatic carbocycles. The minimum atomic E-state index is -0.563. The van der Waals surface area contributed by atoms with Crippen molar-refractivity contribution in [3.8, 4) is 5.75 Å². The summed E-state index contributed by atoms with van der Waals surface area (Å²) in [5.74, 6) is 0.587. The van der Waals surface area contributed by atoms with Crippen LogP contribution in [-0.4, -0.2) is 43.0 Å². The summed E-state index contributed by atoms with van der Waals surface area (Å²) in [5.41, 5.74) is 0.00496. The second kappa shape index (κ2) is 7.43. The molecular formula is C16H23NO4. The third kappa shape index (κ3) is 4.19. The summed E-state index contributed by atoms with van der Waals surface area (Å²) in [7, 11) is 0. The van der Waals surface area contributed by atoms with E-state index in [1.165, 1.54) is 0 Å². The summed E-state index contributed by atoms with van der Waals surface area (Å²) in [5, 5.41) is 12.5. The van der Waals surface area contributed by atoms with Crippen LogP contribution in [0.5, 0.6) is 5.75 Å². The molecule has 2 N–H and O–H groups in total. The maximum Gasteiger partial charge on any atom is 0.251 e. The van der Waals surface area contributed by atoms with Gasteiger partial charge in [0, 0.05) is 18.8 Å². The fraction of sp³-hybridized carbons (Fsp3) is 0.562. The Morgan fingerprint density at radius 3 is 2.57 bits per heavy atom. The Balaban J connectivity index is 1.98. The van der Waals surface area contributed by atoms with Crippen LogP contribution >= 0.6 is 0 Å². The van der Waals surface area contributed by atoms with Gasteiger partial charge in [-0.3, -0.25) is 4.79 Å².